The number of morpholine rings is 1. The van der Waals surface area contributed by atoms with Crippen molar-refractivity contribution in [3.63, 3.8) is 0 Å². The summed E-state index contributed by atoms with van der Waals surface area (Å²) in [5, 5.41) is 0. The van der Waals surface area contributed by atoms with Crippen LogP contribution >= 0.6 is 0 Å². The van der Waals surface area contributed by atoms with E-state index >= 15 is 0 Å². The Hall–Kier alpha value is -1.44. The first-order chi connectivity index (χ1) is 12.4. The molecule has 2 saturated heterocycles. The van der Waals surface area contributed by atoms with E-state index in [1.54, 1.807) is 4.31 Å². The second-order valence-electron chi connectivity index (χ2n) is 7.72. The summed E-state index contributed by atoms with van der Waals surface area (Å²) < 4.78 is 30.7. The number of fused-ring (bicyclic) bond motifs is 2. The van der Waals surface area contributed by atoms with Crippen molar-refractivity contribution in [3.8, 4) is 0 Å². The molecule has 1 spiro atoms. The number of ether oxygens (including phenoxy) is 1. The van der Waals surface area contributed by atoms with Gasteiger partial charge >= 0.3 is 0 Å². The number of benzene rings is 1. The van der Waals surface area contributed by atoms with E-state index in [1.807, 2.05) is 17.0 Å². The van der Waals surface area contributed by atoms with E-state index in [2.05, 4.69) is 12.1 Å². The molecule has 3 aliphatic rings. The molecule has 1 atom stereocenters. The van der Waals surface area contributed by atoms with Crippen LogP contribution in [0.2, 0.25) is 0 Å². The fourth-order valence-electron chi connectivity index (χ4n) is 4.84. The van der Waals surface area contributed by atoms with Crippen molar-refractivity contribution in [2.45, 2.75) is 30.6 Å². The number of rotatable bonds is 2. The molecule has 0 saturated carbocycles. The van der Waals surface area contributed by atoms with Gasteiger partial charge in [-0.3, -0.25) is 4.79 Å². The molecule has 2 fully saturated rings. The Morgan fingerprint density at radius 3 is 2.42 bits per heavy atom. The predicted molar refractivity (Wildman–Crippen MR) is 98.5 cm³/mol. The zero-order valence-corrected chi connectivity index (χ0v) is 16.0. The molecule has 0 radical (unpaired) electrons. The van der Waals surface area contributed by atoms with E-state index in [9.17, 15) is 13.2 Å². The summed E-state index contributed by atoms with van der Waals surface area (Å²) >= 11 is 0. The number of nitrogens with zero attached hydrogens (tertiary/aromatic N) is 2. The minimum Gasteiger partial charge on any atom is -0.378 e. The van der Waals surface area contributed by atoms with Gasteiger partial charge in [-0.2, -0.15) is 0 Å². The molecule has 2 heterocycles. The maximum absolute atomic E-state index is 13.2. The fourth-order valence-corrected chi connectivity index (χ4v) is 5.68. The fraction of sp³-hybridized carbons (Fsp3) is 0.632. The summed E-state index contributed by atoms with van der Waals surface area (Å²) in [4.78, 5) is 15.1. The van der Waals surface area contributed by atoms with Crippen molar-refractivity contribution in [2.75, 3.05) is 45.6 Å². The Bertz CT molecular complexity index is 794. The largest absolute Gasteiger partial charge is 0.378 e. The van der Waals surface area contributed by atoms with Crippen molar-refractivity contribution < 1.29 is 17.9 Å². The highest BCUT2D eigenvalue weighted by molar-refractivity contribution is 7.88. The zero-order valence-electron chi connectivity index (χ0n) is 15.2. The van der Waals surface area contributed by atoms with E-state index in [0.717, 1.165) is 24.8 Å². The van der Waals surface area contributed by atoms with Crippen LogP contribution in [0.15, 0.2) is 24.3 Å². The van der Waals surface area contributed by atoms with Gasteiger partial charge in [0.2, 0.25) is 15.9 Å². The summed E-state index contributed by atoms with van der Waals surface area (Å²) in [7, 11) is -3.15. The second-order valence-corrected chi connectivity index (χ2v) is 9.71. The van der Waals surface area contributed by atoms with Crippen LogP contribution < -0.4 is 0 Å². The minimum absolute atomic E-state index is 0.0790. The third-order valence-corrected chi connectivity index (χ3v) is 7.57. The molecule has 1 aliphatic carbocycles. The number of carbonyl (C=O) groups is 1. The highest BCUT2D eigenvalue weighted by Gasteiger charge is 2.49. The Balaban J connectivity index is 1.60. The van der Waals surface area contributed by atoms with Crippen LogP contribution in [0.1, 0.15) is 36.3 Å². The average Bonchev–Trinajstić information content (AvgIpc) is 2.96. The van der Waals surface area contributed by atoms with E-state index in [1.165, 1.54) is 11.8 Å². The van der Waals surface area contributed by atoms with Crippen LogP contribution in [0.5, 0.6) is 0 Å². The molecular weight excluding hydrogens is 352 g/mol. The molecule has 6 nitrogen and oxygen atoms in total. The van der Waals surface area contributed by atoms with Crippen LogP contribution in [-0.2, 0) is 25.0 Å². The van der Waals surface area contributed by atoms with Crippen LogP contribution in [-0.4, -0.2) is 69.2 Å². The standard InChI is InChI=1S/C19H26N2O4S/c1-26(23,24)21-8-6-19(7-9-21)14-16(15-4-2-3-5-17(15)19)18(22)20-10-12-25-13-11-20/h2-5,16H,6-14H2,1H3. The van der Waals surface area contributed by atoms with Gasteiger partial charge < -0.3 is 9.64 Å². The molecule has 142 valence electrons. The predicted octanol–water partition coefficient (Wildman–Crippen LogP) is 1.33. The van der Waals surface area contributed by atoms with E-state index in [0.29, 0.717) is 39.4 Å². The number of hydrogen-bond donors (Lipinski definition) is 0. The second kappa shape index (κ2) is 6.62. The molecule has 2 aliphatic heterocycles. The Labute approximate surface area is 155 Å². The van der Waals surface area contributed by atoms with Crippen LogP contribution in [0.3, 0.4) is 0 Å². The van der Waals surface area contributed by atoms with Crippen LogP contribution in [0, 0.1) is 0 Å². The molecule has 26 heavy (non-hydrogen) atoms. The minimum atomic E-state index is -3.15. The lowest BCUT2D eigenvalue weighted by molar-refractivity contribution is -0.137. The highest BCUT2D eigenvalue weighted by Crippen LogP contribution is 2.52. The smallest absolute Gasteiger partial charge is 0.230 e. The molecule has 0 bridgehead atoms. The molecule has 0 aromatic heterocycles. The van der Waals surface area contributed by atoms with Gasteiger partial charge in [0.1, 0.15) is 0 Å². The van der Waals surface area contributed by atoms with Gasteiger partial charge in [0.25, 0.3) is 0 Å². The van der Waals surface area contributed by atoms with Crippen LogP contribution in [0.4, 0.5) is 0 Å². The third-order valence-electron chi connectivity index (χ3n) is 6.27. The number of piperidine rings is 1. The first-order valence-corrected chi connectivity index (χ1v) is 11.2. The summed E-state index contributed by atoms with van der Waals surface area (Å²) in [6.07, 6.45) is 3.63. The van der Waals surface area contributed by atoms with Gasteiger partial charge in [-0.05, 0) is 35.8 Å². The first-order valence-electron chi connectivity index (χ1n) is 9.32. The summed E-state index contributed by atoms with van der Waals surface area (Å²) in [5.41, 5.74) is 2.31. The first kappa shape index (κ1) is 17.9. The Morgan fingerprint density at radius 2 is 1.77 bits per heavy atom. The third kappa shape index (κ3) is 3.06. The summed E-state index contributed by atoms with van der Waals surface area (Å²) in [6, 6.07) is 8.25. The van der Waals surface area contributed by atoms with Gasteiger partial charge in [-0.1, -0.05) is 24.3 Å². The van der Waals surface area contributed by atoms with E-state index in [4.69, 9.17) is 4.74 Å². The maximum Gasteiger partial charge on any atom is 0.230 e. The Kier molecular flexibility index (Phi) is 4.57. The normalized spacial score (nSPS) is 26.0. The summed E-state index contributed by atoms with van der Waals surface area (Å²) in [6.45, 7) is 3.60. The van der Waals surface area contributed by atoms with Gasteiger partial charge in [0.05, 0.1) is 25.4 Å². The molecule has 1 aromatic rings. The molecule has 0 N–H and O–H groups in total. The quantitative estimate of drug-likeness (QED) is 0.779. The SMILES string of the molecule is CS(=O)(=O)N1CCC2(CC1)CC(C(=O)N1CCOCC1)c1ccccc12. The number of amides is 1. The van der Waals surface area contributed by atoms with Gasteiger partial charge in [0, 0.05) is 26.2 Å². The van der Waals surface area contributed by atoms with Crippen molar-refractivity contribution in [3.05, 3.63) is 35.4 Å². The highest BCUT2D eigenvalue weighted by atomic mass is 32.2. The lowest BCUT2D eigenvalue weighted by Gasteiger charge is -2.39. The summed E-state index contributed by atoms with van der Waals surface area (Å²) in [5.74, 6) is 0.0808. The number of carbonyl (C=O) groups excluding carboxylic acids is 1. The Morgan fingerprint density at radius 1 is 1.12 bits per heavy atom. The number of sulfonamides is 1. The van der Waals surface area contributed by atoms with Crippen molar-refractivity contribution in [2.24, 2.45) is 0 Å². The van der Waals surface area contributed by atoms with Crippen molar-refractivity contribution in [1.29, 1.82) is 0 Å². The van der Waals surface area contributed by atoms with Crippen molar-refractivity contribution >= 4 is 15.9 Å². The zero-order chi connectivity index (χ0) is 18.4. The molecular formula is C19H26N2O4S. The van der Waals surface area contributed by atoms with Gasteiger partial charge in [0.15, 0.2) is 0 Å². The monoisotopic (exact) mass is 378 g/mol. The van der Waals surface area contributed by atoms with Gasteiger partial charge in [-0.25, -0.2) is 12.7 Å². The van der Waals surface area contributed by atoms with E-state index in [-0.39, 0.29) is 17.2 Å². The molecule has 1 amide bonds. The number of hydrogen-bond acceptors (Lipinski definition) is 4. The maximum atomic E-state index is 13.2. The topological polar surface area (TPSA) is 66.9 Å². The van der Waals surface area contributed by atoms with Crippen LogP contribution in [0.25, 0.3) is 0 Å². The molecule has 4 rings (SSSR count). The van der Waals surface area contributed by atoms with Gasteiger partial charge in [-0.15, -0.1) is 0 Å². The lowest BCUT2D eigenvalue weighted by atomic mass is 9.74. The lowest BCUT2D eigenvalue weighted by Crippen LogP contribution is -2.45. The average molecular weight is 378 g/mol. The van der Waals surface area contributed by atoms with E-state index < -0.39 is 10.0 Å². The molecule has 1 aromatic carbocycles. The molecule has 7 heteroatoms. The molecule has 1 unspecified atom stereocenters. The van der Waals surface area contributed by atoms with Crippen molar-refractivity contribution in [1.82, 2.24) is 9.21 Å².